The molecule has 2 heterocycles. The maximum absolute atomic E-state index is 14.0. The second-order valence-corrected chi connectivity index (χ2v) is 6.88. The summed E-state index contributed by atoms with van der Waals surface area (Å²) >= 11 is 6.12. The van der Waals surface area contributed by atoms with Crippen molar-refractivity contribution < 1.29 is 9.18 Å². The Kier molecular flexibility index (Phi) is 3.96. The van der Waals surface area contributed by atoms with Crippen molar-refractivity contribution in [2.45, 2.75) is 31.1 Å². The maximum Gasteiger partial charge on any atom is 0.226 e. The lowest BCUT2D eigenvalue weighted by molar-refractivity contribution is -0.133. The van der Waals surface area contributed by atoms with E-state index in [1.807, 2.05) is 4.90 Å². The second-order valence-electron chi connectivity index (χ2n) is 6.48. The first kappa shape index (κ1) is 15.5. The minimum atomic E-state index is -0.328. The van der Waals surface area contributed by atoms with Crippen LogP contribution >= 0.6 is 11.6 Å². The molecule has 2 fully saturated rings. The Balaban J connectivity index is 1.45. The van der Waals surface area contributed by atoms with Crippen LogP contribution in [-0.2, 0) is 4.79 Å². The fraction of sp³-hybridized carbons (Fsp3) is 0.500. The van der Waals surface area contributed by atoms with Crippen molar-refractivity contribution in [3.63, 3.8) is 0 Å². The number of aromatic amines is 1. The highest BCUT2D eigenvalue weighted by Crippen LogP contribution is 2.51. The summed E-state index contributed by atoms with van der Waals surface area (Å²) in [6, 6.07) is 4.65. The number of amides is 1. The molecule has 1 saturated carbocycles. The van der Waals surface area contributed by atoms with Crippen molar-refractivity contribution in [3.8, 4) is 0 Å². The Morgan fingerprint density at radius 3 is 3.04 bits per heavy atom. The third-order valence-corrected chi connectivity index (χ3v) is 5.27. The van der Waals surface area contributed by atoms with Crippen molar-refractivity contribution in [2.75, 3.05) is 13.1 Å². The van der Waals surface area contributed by atoms with Crippen LogP contribution in [0.4, 0.5) is 4.39 Å². The maximum atomic E-state index is 14.0. The van der Waals surface area contributed by atoms with Crippen LogP contribution in [0.3, 0.4) is 0 Å². The van der Waals surface area contributed by atoms with Crippen LogP contribution in [0, 0.1) is 11.7 Å². The average Bonchev–Trinajstić information content (AvgIpc) is 3.16. The van der Waals surface area contributed by atoms with E-state index < -0.39 is 0 Å². The molecule has 24 heavy (non-hydrogen) atoms. The Bertz CT molecular complexity index is 733. The van der Waals surface area contributed by atoms with Gasteiger partial charge in [0.15, 0.2) is 5.82 Å². The molecule has 1 aromatic carbocycles. The molecule has 2 aliphatic rings. The molecule has 0 radical (unpaired) electrons. The van der Waals surface area contributed by atoms with E-state index in [1.165, 1.54) is 6.07 Å². The number of H-pyrrole nitrogens is 1. The first-order valence-electron chi connectivity index (χ1n) is 8.11. The largest absolute Gasteiger partial charge is 0.342 e. The molecule has 2 aromatic rings. The molecular formula is C16H17ClFN5O. The monoisotopic (exact) mass is 349 g/mol. The number of aromatic nitrogens is 4. The summed E-state index contributed by atoms with van der Waals surface area (Å²) in [5.74, 6) is 0.214. The minimum absolute atomic E-state index is 0.0764. The predicted molar refractivity (Wildman–Crippen MR) is 85.0 cm³/mol. The fourth-order valence-corrected chi connectivity index (χ4v) is 3.92. The number of likely N-dealkylation sites (tertiary alicyclic amines) is 1. The topological polar surface area (TPSA) is 74.8 Å². The molecule has 1 aliphatic carbocycles. The quantitative estimate of drug-likeness (QED) is 0.923. The summed E-state index contributed by atoms with van der Waals surface area (Å²) in [5, 5.41) is 14.5. The fourth-order valence-electron chi connectivity index (χ4n) is 3.62. The molecule has 0 bridgehead atoms. The molecule has 6 nitrogen and oxygen atoms in total. The van der Waals surface area contributed by atoms with Crippen molar-refractivity contribution in [1.29, 1.82) is 0 Å². The number of tetrazole rings is 1. The van der Waals surface area contributed by atoms with Gasteiger partial charge in [0.1, 0.15) is 5.82 Å². The molecule has 1 N–H and O–H groups in total. The third-order valence-electron chi connectivity index (χ3n) is 4.94. The van der Waals surface area contributed by atoms with Crippen molar-refractivity contribution in [2.24, 2.45) is 5.92 Å². The summed E-state index contributed by atoms with van der Waals surface area (Å²) in [6.45, 7) is 1.31. The van der Waals surface area contributed by atoms with Gasteiger partial charge in [-0.1, -0.05) is 22.9 Å². The lowest BCUT2D eigenvalue weighted by Crippen LogP contribution is -2.40. The number of nitrogens with one attached hydrogen (secondary N) is 1. The van der Waals surface area contributed by atoms with Crippen molar-refractivity contribution in [1.82, 2.24) is 25.5 Å². The third kappa shape index (κ3) is 2.77. The SMILES string of the molecule is O=C(C1CC1c1c(F)cccc1Cl)N1CCCC(c2nn[nH]n2)C1. The second kappa shape index (κ2) is 6.12. The van der Waals surface area contributed by atoms with E-state index in [4.69, 9.17) is 11.6 Å². The van der Waals surface area contributed by atoms with Gasteiger partial charge in [-0.3, -0.25) is 4.79 Å². The van der Waals surface area contributed by atoms with Gasteiger partial charge in [0.05, 0.1) is 0 Å². The zero-order valence-electron chi connectivity index (χ0n) is 13.0. The highest BCUT2D eigenvalue weighted by molar-refractivity contribution is 6.31. The van der Waals surface area contributed by atoms with Gasteiger partial charge >= 0.3 is 0 Å². The molecule has 8 heteroatoms. The molecule has 3 unspecified atom stereocenters. The van der Waals surface area contributed by atoms with E-state index in [0.29, 0.717) is 29.4 Å². The van der Waals surface area contributed by atoms with Gasteiger partial charge in [-0.25, -0.2) is 4.39 Å². The van der Waals surface area contributed by atoms with Crippen LogP contribution in [0.15, 0.2) is 18.2 Å². The molecule has 1 saturated heterocycles. The number of hydrogen-bond acceptors (Lipinski definition) is 4. The molecule has 4 rings (SSSR count). The summed E-state index contributed by atoms with van der Waals surface area (Å²) in [6.07, 6.45) is 2.50. The smallest absolute Gasteiger partial charge is 0.226 e. The van der Waals surface area contributed by atoms with Crippen LogP contribution in [0.5, 0.6) is 0 Å². The Hall–Kier alpha value is -2.02. The molecule has 1 amide bonds. The summed E-state index contributed by atoms with van der Waals surface area (Å²) in [7, 11) is 0. The van der Waals surface area contributed by atoms with Crippen molar-refractivity contribution >= 4 is 17.5 Å². The van der Waals surface area contributed by atoms with E-state index in [-0.39, 0.29) is 29.5 Å². The van der Waals surface area contributed by atoms with Gasteiger partial charge in [0.2, 0.25) is 5.91 Å². The lowest BCUT2D eigenvalue weighted by Gasteiger charge is -2.31. The number of piperidine rings is 1. The first-order valence-corrected chi connectivity index (χ1v) is 8.49. The van der Waals surface area contributed by atoms with Gasteiger partial charge in [0, 0.05) is 41.4 Å². The number of hydrogen-bond donors (Lipinski definition) is 1. The van der Waals surface area contributed by atoms with Crippen molar-refractivity contribution in [3.05, 3.63) is 40.4 Å². The Morgan fingerprint density at radius 2 is 2.29 bits per heavy atom. The predicted octanol–water partition coefficient (Wildman–Crippen LogP) is 2.50. The first-order chi connectivity index (χ1) is 11.6. The summed E-state index contributed by atoms with van der Waals surface area (Å²) < 4.78 is 14.0. The molecule has 1 aromatic heterocycles. The van der Waals surface area contributed by atoms with E-state index in [2.05, 4.69) is 20.6 Å². The molecular weight excluding hydrogens is 333 g/mol. The Labute approximate surface area is 143 Å². The van der Waals surface area contributed by atoms with Crippen LogP contribution in [-0.4, -0.2) is 44.5 Å². The normalized spacial score (nSPS) is 26.4. The zero-order valence-corrected chi connectivity index (χ0v) is 13.7. The number of nitrogens with zero attached hydrogens (tertiary/aromatic N) is 4. The van der Waals surface area contributed by atoms with Crippen LogP contribution in [0.2, 0.25) is 5.02 Å². The molecule has 126 valence electrons. The van der Waals surface area contributed by atoms with Gasteiger partial charge in [-0.2, -0.15) is 5.21 Å². The highest BCUT2D eigenvalue weighted by Gasteiger charge is 2.48. The van der Waals surface area contributed by atoms with E-state index >= 15 is 0 Å². The number of benzene rings is 1. The number of rotatable bonds is 3. The zero-order chi connectivity index (χ0) is 16.7. The average molecular weight is 350 g/mol. The van der Waals surface area contributed by atoms with Crippen LogP contribution in [0.1, 0.15) is 42.5 Å². The van der Waals surface area contributed by atoms with Gasteiger partial charge in [0.25, 0.3) is 0 Å². The van der Waals surface area contributed by atoms with Crippen LogP contribution in [0.25, 0.3) is 0 Å². The molecule has 3 atom stereocenters. The van der Waals surface area contributed by atoms with Crippen LogP contribution < -0.4 is 0 Å². The highest BCUT2D eigenvalue weighted by atomic mass is 35.5. The molecule has 1 aliphatic heterocycles. The number of halogens is 2. The van der Waals surface area contributed by atoms with E-state index in [1.54, 1.807) is 12.1 Å². The Morgan fingerprint density at radius 1 is 1.42 bits per heavy atom. The lowest BCUT2D eigenvalue weighted by atomic mass is 9.97. The number of carbonyl (C=O) groups is 1. The van der Waals surface area contributed by atoms with Gasteiger partial charge < -0.3 is 4.90 Å². The molecule has 0 spiro atoms. The van der Waals surface area contributed by atoms with E-state index in [9.17, 15) is 9.18 Å². The standard InChI is InChI=1S/C16H17ClFN5O/c17-12-4-1-5-13(18)14(12)10-7-11(10)16(24)23-6-2-3-9(8-23)15-19-21-22-20-15/h1,4-5,9-11H,2-3,6-8H2,(H,19,20,21,22). The van der Waals surface area contributed by atoms with Gasteiger partial charge in [-0.15, -0.1) is 10.2 Å². The summed E-state index contributed by atoms with van der Waals surface area (Å²) in [5.41, 5.74) is 0.476. The number of carbonyl (C=O) groups excluding carboxylic acids is 1. The van der Waals surface area contributed by atoms with E-state index in [0.717, 1.165) is 19.4 Å². The van der Waals surface area contributed by atoms with Gasteiger partial charge in [-0.05, 0) is 31.4 Å². The minimum Gasteiger partial charge on any atom is -0.342 e. The summed E-state index contributed by atoms with van der Waals surface area (Å²) in [4.78, 5) is 14.6.